The van der Waals surface area contributed by atoms with E-state index in [0.717, 1.165) is 38.9 Å². The molecule has 0 aliphatic carbocycles. The van der Waals surface area contributed by atoms with Crippen molar-refractivity contribution in [1.29, 1.82) is 0 Å². The van der Waals surface area contributed by atoms with E-state index in [4.69, 9.17) is 10.2 Å². The van der Waals surface area contributed by atoms with Crippen LogP contribution in [0.1, 0.15) is 29.0 Å². The first-order valence-electron chi connectivity index (χ1n) is 10.1. The average Bonchev–Trinajstić information content (AvgIpc) is 3.27. The van der Waals surface area contributed by atoms with Gasteiger partial charge in [0.1, 0.15) is 0 Å². The number of nitrogens with one attached hydrogen (secondary N) is 1. The summed E-state index contributed by atoms with van der Waals surface area (Å²) in [6.07, 6.45) is 3.98. The van der Waals surface area contributed by atoms with E-state index in [1.54, 1.807) is 19.2 Å². The second kappa shape index (κ2) is 10.1. The molecule has 0 radical (unpaired) electrons. The van der Waals surface area contributed by atoms with Crippen LogP contribution in [0.5, 0.6) is 0 Å². The van der Waals surface area contributed by atoms with Crippen LogP contribution in [0.15, 0.2) is 47.1 Å². The Morgan fingerprint density at radius 1 is 1.17 bits per heavy atom. The van der Waals surface area contributed by atoms with Crippen LogP contribution < -0.4 is 11.1 Å². The van der Waals surface area contributed by atoms with Crippen LogP contribution in [0.3, 0.4) is 0 Å². The Hall–Kier alpha value is -3.13. The first-order chi connectivity index (χ1) is 14.4. The number of nitrogens with two attached hydrogens (primary N) is 1. The minimum absolute atomic E-state index is 0.0116. The lowest BCUT2D eigenvalue weighted by Crippen LogP contribution is -2.39. The van der Waals surface area contributed by atoms with Gasteiger partial charge in [-0.2, -0.15) is 0 Å². The first kappa shape index (κ1) is 21.6. The summed E-state index contributed by atoms with van der Waals surface area (Å²) in [5.74, 6) is -0.595. The molecule has 3 amide bonds. The molecule has 0 spiro atoms. The zero-order chi connectivity index (χ0) is 21.5. The van der Waals surface area contributed by atoms with Crippen LogP contribution in [0.2, 0.25) is 0 Å². The number of rotatable bonds is 8. The lowest BCUT2D eigenvalue weighted by atomic mass is 9.96. The van der Waals surface area contributed by atoms with E-state index in [2.05, 4.69) is 10.2 Å². The third-order valence-electron chi connectivity index (χ3n) is 5.40. The molecular weight excluding hydrogens is 384 g/mol. The third-order valence-corrected chi connectivity index (χ3v) is 5.40. The number of carbonyl (C=O) groups excluding carboxylic acids is 3. The summed E-state index contributed by atoms with van der Waals surface area (Å²) in [6.45, 7) is 2.65. The fourth-order valence-electron chi connectivity index (χ4n) is 3.56. The zero-order valence-corrected chi connectivity index (χ0v) is 17.2. The number of hydrogen-bond acceptors (Lipinski definition) is 5. The maximum Gasteiger partial charge on any atom is 0.289 e. The van der Waals surface area contributed by atoms with Crippen molar-refractivity contribution in [2.45, 2.75) is 19.3 Å². The largest absolute Gasteiger partial charge is 0.459 e. The average molecular weight is 412 g/mol. The summed E-state index contributed by atoms with van der Waals surface area (Å²) in [5.41, 5.74) is 7.24. The van der Waals surface area contributed by atoms with Crippen molar-refractivity contribution < 1.29 is 18.8 Å². The summed E-state index contributed by atoms with van der Waals surface area (Å²) in [6, 6.07) is 10.9. The number of nitrogens with zero attached hydrogens (tertiary/aromatic N) is 2. The predicted molar refractivity (Wildman–Crippen MR) is 113 cm³/mol. The highest BCUT2D eigenvalue weighted by molar-refractivity contribution is 5.97. The highest BCUT2D eigenvalue weighted by atomic mass is 16.3. The Kier molecular flexibility index (Phi) is 7.24. The van der Waals surface area contributed by atoms with E-state index in [-0.39, 0.29) is 35.9 Å². The number of hydrogen-bond donors (Lipinski definition) is 2. The van der Waals surface area contributed by atoms with Gasteiger partial charge in [-0.15, -0.1) is 0 Å². The number of furan rings is 1. The highest BCUT2D eigenvalue weighted by Gasteiger charge is 2.22. The van der Waals surface area contributed by atoms with E-state index in [1.807, 2.05) is 24.3 Å². The van der Waals surface area contributed by atoms with Crippen molar-refractivity contribution >= 4 is 23.4 Å². The number of carbonyl (C=O) groups is 3. The van der Waals surface area contributed by atoms with E-state index in [0.29, 0.717) is 5.69 Å². The number of anilines is 1. The molecule has 3 N–H and O–H groups in total. The van der Waals surface area contributed by atoms with Crippen LogP contribution in [0.4, 0.5) is 5.69 Å². The summed E-state index contributed by atoms with van der Waals surface area (Å²) >= 11 is 0. The molecule has 0 unspecified atom stereocenters. The molecule has 8 heteroatoms. The molecule has 30 heavy (non-hydrogen) atoms. The quantitative estimate of drug-likeness (QED) is 0.686. The molecule has 0 atom stereocenters. The monoisotopic (exact) mass is 412 g/mol. The van der Waals surface area contributed by atoms with Gasteiger partial charge in [-0.1, -0.05) is 12.1 Å². The number of likely N-dealkylation sites (tertiary alicyclic amines) is 1. The smallest absolute Gasteiger partial charge is 0.289 e. The molecule has 1 aliphatic heterocycles. The first-order valence-corrected chi connectivity index (χ1v) is 10.1. The van der Waals surface area contributed by atoms with Gasteiger partial charge in [0.15, 0.2) is 5.76 Å². The predicted octanol–water partition coefficient (Wildman–Crippen LogP) is 1.73. The fourth-order valence-corrected chi connectivity index (χ4v) is 3.56. The lowest BCUT2D eigenvalue weighted by Gasteiger charge is -2.30. The molecule has 1 aromatic carbocycles. The minimum Gasteiger partial charge on any atom is -0.459 e. The van der Waals surface area contributed by atoms with Crippen LogP contribution in [-0.2, 0) is 16.0 Å². The molecule has 160 valence electrons. The Balaban J connectivity index is 1.41. The van der Waals surface area contributed by atoms with E-state index < -0.39 is 0 Å². The number of primary amides is 1. The molecule has 0 saturated carbocycles. The van der Waals surface area contributed by atoms with Gasteiger partial charge in [-0.05, 0) is 62.2 Å². The van der Waals surface area contributed by atoms with E-state index in [1.165, 1.54) is 16.7 Å². The number of piperidine rings is 1. The van der Waals surface area contributed by atoms with Gasteiger partial charge in [0.25, 0.3) is 5.91 Å². The Morgan fingerprint density at radius 2 is 1.87 bits per heavy atom. The van der Waals surface area contributed by atoms with Crippen molar-refractivity contribution in [3.8, 4) is 0 Å². The van der Waals surface area contributed by atoms with Gasteiger partial charge < -0.3 is 25.3 Å². The molecule has 0 bridgehead atoms. The van der Waals surface area contributed by atoms with Gasteiger partial charge in [-0.25, -0.2) is 0 Å². The Bertz CT molecular complexity index is 856. The highest BCUT2D eigenvalue weighted by Crippen LogP contribution is 2.17. The maximum atomic E-state index is 12.2. The van der Waals surface area contributed by atoms with Gasteiger partial charge in [0.2, 0.25) is 11.8 Å². The minimum atomic E-state index is -0.342. The van der Waals surface area contributed by atoms with Crippen molar-refractivity contribution in [3.05, 3.63) is 54.0 Å². The normalized spacial score (nSPS) is 15.0. The fraction of sp³-hybridized carbons (Fsp3) is 0.409. The summed E-state index contributed by atoms with van der Waals surface area (Å²) in [5, 5.41) is 2.80. The molecule has 1 aliphatic rings. The molecule has 8 nitrogen and oxygen atoms in total. The summed E-state index contributed by atoms with van der Waals surface area (Å²) in [7, 11) is 1.56. The number of amides is 3. The lowest BCUT2D eigenvalue weighted by molar-refractivity contribution is -0.123. The van der Waals surface area contributed by atoms with Gasteiger partial charge >= 0.3 is 0 Å². The van der Waals surface area contributed by atoms with Crippen molar-refractivity contribution in [1.82, 2.24) is 9.80 Å². The maximum absolute atomic E-state index is 12.2. The van der Waals surface area contributed by atoms with Crippen molar-refractivity contribution in [3.63, 3.8) is 0 Å². The van der Waals surface area contributed by atoms with E-state index in [9.17, 15) is 14.4 Å². The SMILES string of the molecule is CN(CC(=O)Nc1ccc(CCN2CCC(C(N)=O)CC2)cc1)C(=O)c1ccco1. The Labute approximate surface area is 176 Å². The summed E-state index contributed by atoms with van der Waals surface area (Å²) < 4.78 is 5.06. The van der Waals surface area contributed by atoms with Crippen LogP contribution in [0, 0.1) is 5.92 Å². The van der Waals surface area contributed by atoms with Gasteiger partial charge in [-0.3, -0.25) is 14.4 Å². The van der Waals surface area contributed by atoms with E-state index >= 15 is 0 Å². The topological polar surface area (TPSA) is 109 Å². The molecule has 3 rings (SSSR count). The molecule has 2 aromatic rings. The Morgan fingerprint density at radius 3 is 2.47 bits per heavy atom. The van der Waals surface area contributed by atoms with Gasteiger partial charge in [0, 0.05) is 25.2 Å². The van der Waals surface area contributed by atoms with Crippen molar-refractivity contribution in [2.75, 3.05) is 38.5 Å². The number of benzene rings is 1. The summed E-state index contributed by atoms with van der Waals surface area (Å²) in [4.78, 5) is 39.2. The standard InChI is InChI=1S/C22H28N4O4/c1-25(22(29)19-3-2-14-30-19)15-20(27)24-18-6-4-16(5-7-18)8-11-26-12-9-17(10-13-26)21(23)28/h2-7,14,17H,8-13,15H2,1H3,(H2,23,28)(H,24,27). The van der Waals surface area contributed by atoms with Crippen molar-refractivity contribution in [2.24, 2.45) is 11.7 Å². The molecule has 1 fully saturated rings. The van der Waals surface area contributed by atoms with Crippen LogP contribution >= 0.6 is 0 Å². The van der Waals surface area contributed by atoms with Crippen LogP contribution in [-0.4, -0.2) is 60.7 Å². The van der Waals surface area contributed by atoms with Gasteiger partial charge in [0.05, 0.1) is 12.8 Å². The second-order valence-corrected chi connectivity index (χ2v) is 7.65. The zero-order valence-electron chi connectivity index (χ0n) is 17.2. The van der Waals surface area contributed by atoms with Crippen LogP contribution in [0.25, 0.3) is 0 Å². The second-order valence-electron chi connectivity index (χ2n) is 7.65. The molecule has 1 saturated heterocycles. The third kappa shape index (κ3) is 5.93. The number of likely N-dealkylation sites (N-methyl/N-ethyl adjacent to an activating group) is 1. The molecular formula is C22H28N4O4. The molecule has 1 aromatic heterocycles. The molecule has 2 heterocycles.